The molecule has 1 heterocycles. The SMILES string of the molecule is CCN(CC)CCCn1c(CO)nnc1SCC(=O)O. The van der Waals surface area contributed by atoms with Crippen molar-refractivity contribution in [1.82, 2.24) is 19.7 Å². The lowest BCUT2D eigenvalue weighted by Gasteiger charge is -2.18. The maximum absolute atomic E-state index is 10.6. The van der Waals surface area contributed by atoms with Gasteiger partial charge in [-0.15, -0.1) is 10.2 Å². The van der Waals surface area contributed by atoms with Crippen LogP contribution in [0.15, 0.2) is 5.16 Å². The van der Waals surface area contributed by atoms with E-state index in [1.807, 2.05) is 0 Å². The maximum atomic E-state index is 10.6. The number of hydrogen-bond acceptors (Lipinski definition) is 6. The Labute approximate surface area is 123 Å². The van der Waals surface area contributed by atoms with Crippen LogP contribution in [-0.4, -0.2) is 61.2 Å². The van der Waals surface area contributed by atoms with Gasteiger partial charge in [0.05, 0.1) is 5.75 Å². The van der Waals surface area contributed by atoms with Gasteiger partial charge in [-0.1, -0.05) is 25.6 Å². The summed E-state index contributed by atoms with van der Waals surface area (Å²) in [4.78, 5) is 12.9. The molecule has 2 N–H and O–H groups in total. The normalized spacial score (nSPS) is 11.2. The first-order valence-corrected chi connectivity index (χ1v) is 7.70. The van der Waals surface area contributed by atoms with Gasteiger partial charge in [0.1, 0.15) is 6.61 Å². The molecule has 0 aliphatic rings. The van der Waals surface area contributed by atoms with Crippen LogP contribution in [0, 0.1) is 0 Å². The maximum Gasteiger partial charge on any atom is 0.313 e. The van der Waals surface area contributed by atoms with Gasteiger partial charge in [0.15, 0.2) is 11.0 Å². The fraction of sp³-hybridized carbons (Fsp3) is 0.750. The molecular formula is C12H22N4O3S. The van der Waals surface area contributed by atoms with Crippen molar-refractivity contribution in [3.8, 4) is 0 Å². The molecule has 1 rings (SSSR count). The van der Waals surface area contributed by atoms with Crippen LogP contribution in [0.4, 0.5) is 0 Å². The molecule has 1 aromatic heterocycles. The summed E-state index contributed by atoms with van der Waals surface area (Å²) < 4.78 is 1.80. The first-order chi connectivity index (χ1) is 9.62. The first-order valence-electron chi connectivity index (χ1n) is 6.72. The van der Waals surface area contributed by atoms with Crippen LogP contribution in [0.5, 0.6) is 0 Å². The predicted octanol–water partition coefficient (Wildman–Crippen LogP) is 0.679. The molecule has 0 saturated carbocycles. The Morgan fingerprint density at radius 3 is 2.60 bits per heavy atom. The van der Waals surface area contributed by atoms with Crippen LogP contribution in [0.1, 0.15) is 26.1 Å². The number of thioether (sulfide) groups is 1. The van der Waals surface area contributed by atoms with Crippen LogP contribution in [0.25, 0.3) is 0 Å². The highest BCUT2D eigenvalue weighted by atomic mass is 32.2. The Balaban J connectivity index is 2.61. The van der Waals surface area contributed by atoms with Gasteiger partial charge in [-0.2, -0.15) is 0 Å². The summed E-state index contributed by atoms with van der Waals surface area (Å²) in [6, 6.07) is 0. The highest BCUT2D eigenvalue weighted by Crippen LogP contribution is 2.17. The highest BCUT2D eigenvalue weighted by Gasteiger charge is 2.13. The van der Waals surface area contributed by atoms with Gasteiger partial charge in [0.25, 0.3) is 0 Å². The molecule has 7 nitrogen and oxygen atoms in total. The molecule has 1 aromatic rings. The number of nitrogens with zero attached hydrogens (tertiary/aromatic N) is 4. The number of aliphatic hydroxyl groups excluding tert-OH is 1. The second-order valence-electron chi connectivity index (χ2n) is 4.27. The van der Waals surface area contributed by atoms with Crippen molar-refractivity contribution in [3.63, 3.8) is 0 Å². The fourth-order valence-corrected chi connectivity index (χ4v) is 2.59. The zero-order chi connectivity index (χ0) is 15.0. The van der Waals surface area contributed by atoms with E-state index < -0.39 is 5.97 Å². The molecule has 8 heteroatoms. The lowest BCUT2D eigenvalue weighted by atomic mass is 10.3. The van der Waals surface area contributed by atoms with E-state index in [9.17, 15) is 9.90 Å². The van der Waals surface area contributed by atoms with Crippen molar-refractivity contribution in [2.24, 2.45) is 0 Å². The molecule has 0 atom stereocenters. The summed E-state index contributed by atoms with van der Waals surface area (Å²) in [5.74, 6) is -0.463. The van der Waals surface area contributed by atoms with Crippen LogP contribution in [0.3, 0.4) is 0 Å². The summed E-state index contributed by atoms with van der Waals surface area (Å²) in [5.41, 5.74) is 0. The molecule has 0 fully saturated rings. The van der Waals surface area contributed by atoms with Crippen LogP contribution in [-0.2, 0) is 17.9 Å². The lowest BCUT2D eigenvalue weighted by Crippen LogP contribution is -2.25. The number of carbonyl (C=O) groups is 1. The molecule has 114 valence electrons. The minimum atomic E-state index is -0.891. The highest BCUT2D eigenvalue weighted by molar-refractivity contribution is 7.99. The average Bonchev–Trinajstić information content (AvgIpc) is 2.83. The van der Waals surface area contributed by atoms with E-state index in [0.717, 1.165) is 37.8 Å². The van der Waals surface area contributed by atoms with E-state index in [4.69, 9.17) is 5.11 Å². The smallest absolute Gasteiger partial charge is 0.313 e. The first kappa shape index (κ1) is 16.9. The Morgan fingerprint density at radius 1 is 1.35 bits per heavy atom. The largest absolute Gasteiger partial charge is 0.481 e. The summed E-state index contributed by atoms with van der Waals surface area (Å²) in [6.45, 7) is 7.70. The van der Waals surface area contributed by atoms with Crippen LogP contribution in [0.2, 0.25) is 0 Å². The molecule has 0 aliphatic carbocycles. The third kappa shape index (κ3) is 5.10. The van der Waals surface area contributed by atoms with Crippen molar-refractivity contribution in [2.75, 3.05) is 25.4 Å². The van der Waals surface area contributed by atoms with Crippen LogP contribution >= 0.6 is 11.8 Å². The molecule has 0 radical (unpaired) electrons. The van der Waals surface area contributed by atoms with Crippen molar-refractivity contribution >= 4 is 17.7 Å². The number of carboxylic acids is 1. The molecule has 0 saturated heterocycles. The lowest BCUT2D eigenvalue weighted by molar-refractivity contribution is -0.133. The summed E-state index contributed by atoms with van der Waals surface area (Å²) in [5, 5.41) is 26.3. The molecule has 20 heavy (non-hydrogen) atoms. The third-order valence-electron chi connectivity index (χ3n) is 3.01. The van der Waals surface area contributed by atoms with E-state index in [1.54, 1.807) is 4.57 Å². The van der Waals surface area contributed by atoms with E-state index in [2.05, 4.69) is 28.9 Å². The Morgan fingerprint density at radius 2 is 2.05 bits per heavy atom. The molecule has 0 spiro atoms. The number of aliphatic hydroxyl groups is 1. The number of rotatable bonds is 10. The zero-order valence-corrected chi connectivity index (χ0v) is 12.8. The molecule has 0 aliphatic heterocycles. The van der Waals surface area contributed by atoms with Gasteiger partial charge in [-0.25, -0.2) is 0 Å². The zero-order valence-electron chi connectivity index (χ0n) is 11.9. The van der Waals surface area contributed by atoms with Gasteiger partial charge in [0.2, 0.25) is 0 Å². The standard InChI is InChI=1S/C12H22N4O3S/c1-3-15(4-2)6-5-7-16-10(8-17)13-14-12(16)20-9-11(18)19/h17H,3-9H2,1-2H3,(H,18,19). The van der Waals surface area contributed by atoms with Crippen molar-refractivity contribution in [2.45, 2.75) is 38.6 Å². The number of carboxylic acid groups (broad SMARTS) is 1. The number of aliphatic carboxylic acids is 1. The van der Waals surface area contributed by atoms with Crippen molar-refractivity contribution < 1.29 is 15.0 Å². The Bertz CT molecular complexity index is 421. The summed E-state index contributed by atoms with van der Waals surface area (Å²) in [6.07, 6.45) is 0.910. The number of hydrogen-bond donors (Lipinski definition) is 2. The van der Waals surface area contributed by atoms with E-state index in [1.165, 1.54) is 0 Å². The quantitative estimate of drug-likeness (QED) is 0.614. The predicted molar refractivity (Wildman–Crippen MR) is 76.7 cm³/mol. The van der Waals surface area contributed by atoms with Crippen LogP contribution < -0.4 is 0 Å². The summed E-state index contributed by atoms with van der Waals surface area (Å²) in [7, 11) is 0. The van der Waals surface area contributed by atoms with Crippen molar-refractivity contribution in [1.29, 1.82) is 0 Å². The van der Waals surface area contributed by atoms with E-state index >= 15 is 0 Å². The van der Waals surface area contributed by atoms with Gasteiger partial charge in [0, 0.05) is 6.54 Å². The van der Waals surface area contributed by atoms with Crippen molar-refractivity contribution in [3.05, 3.63) is 5.82 Å². The monoisotopic (exact) mass is 302 g/mol. The molecule has 0 amide bonds. The van der Waals surface area contributed by atoms with E-state index in [-0.39, 0.29) is 12.4 Å². The minimum Gasteiger partial charge on any atom is -0.481 e. The average molecular weight is 302 g/mol. The van der Waals surface area contributed by atoms with Gasteiger partial charge < -0.3 is 19.7 Å². The van der Waals surface area contributed by atoms with Gasteiger partial charge >= 0.3 is 5.97 Å². The topological polar surface area (TPSA) is 91.5 Å². The van der Waals surface area contributed by atoms with Gasteiger partial charge in [-0.05, 0) is 26.1 Å². The summed E-state index contributed by atoms with van der Waals surface area (Å²) >= 11 is 1.13. The molecular weight excluding hydrogens is 280 g/mol. The fourth-order valence-electron chi connectivity index (χ4n) is 1.89. The molecule has 0 unspecified atom stereocenters. The second kappa shape index (κ2) is 8.93. The molecule has 0 aromatic carbocycles. The van der Waals surface area contributed by atoms with Gasteiger partial charge in [-0.3, -0.25) is 4.79 Å². The van der Waals surface area contributed by atoms with E-state index in [0.29, 0.717) is 17.5 Å². The minimum absolute atomic E-state index is 0.0559. The Hall–Kier alpha value is -1.12. The second-order valence-corrected chi connectivity index (χ2v) is 5.21. The molecule has 0 bridgehead atoms. The Kier molecular flexibility index (Phi) is 7.56. The third-order valence-corrected chi connectivity index (χ3v) is 3.96. The number of aromatic nitrogens is 3.